The SMILES string of the molecule is Nn1c(COc2ccccc2)nnc1SCC(=O)NC1CCN(C(=O)CCc2ccccc2)CC1. The molecule has 184 valence electrons. The Bertz CT molecular complexity index is 1100. The molecular weight excluding hydrogens is 464 g/mol. The third kappa shape index (κ3) is 7.22. The molecule has 0 radical (unpaired) electrons. The standard InChI is InChI=1S/C25H30N6O3S/c26-31-22(17-34-21-9-5-2-6-10-21)28-29-25(31)35-18-23(32)27-20-13-15-30(16-14-20)24(33)12-11-19-7-3-1-4-8-19/h1-10,20H,11-18,26H2,(H,27,32). The average molecular weight is 495 g/mol. The Morgan fingerprint density at radius 3 is 2.43 bits per heavy atom. The predicted octanol–water partition coefficient (Wildman–Crippen LogP) is 2.40. The van der Waals surface area contributed by atoms with E-state index in [2.05, 4.69) is 15.5 Å². The number of amides is 2. The van der Waals surface area contributed by atoms with Gasteiger partial charge in [0, 0.05) is 25.6 Å². The van der Waals surface area contributed by atoms with E-state index in [0.29, 0.717) is 36.2 Å². The number of aryl methyl sites for hydroxylation is 1. The summed E-state index contributed by atoms with van der Waals surface area (Å²) in [6, 6.07) is 19.5. The number of thioether (sulfide) groups is 1. The van der Waals surface area contributed by atoms with E-state index in [1.165, 1.54) is 22.0 Å². The number of para-hydroxylation sites is 1. The summed E-state index contributed by atoms with van der Waals surface area (Å²) in [7, 11) is 0. The van der Waals surface area contributed by atoms with Gasteiger partial charge in [0.25, 0.3) is 0 Å². The minimum atomic E-state index is -0.0889. The van der Waals surface area contributed by atoms with Gasteiger partial charge in [0.05, 0.1) is 5.75 Å². The van der Waals surface area contributed by atoms with Crippen LogP contribution in [0.4, 0.5) is 0 Å². The predicted molar refractivity (Wildman–Crippen MR) is 134 cm³/mol. The Balaban J connectivity index is 1.15. The number of carbonyl (C=O) groups is 2. The summed E-state index contributed by atoms with van der Waals surface area (Å²) >= 11 is 1.23. The van der Waals surface area contributed by atoms with Crippen molar-refractivity contribution in [2.24, 2.45) is 0 Å². The number of nitrogens with zero attached hydrogens (tertiary/aromatic N) is 4. The van der Waals surface area contributed by atoms with Crippen LogP contribution in [0.15, 0.2) is 65.8 Å². The molecule has 0 bridgehead atoms. The monoisotopic (exact) mass is 494 g/mol. The van der Waals surface area contributed by atoms with Crippen molar-refractivity contribution >= 4 is 23.6 Å². The lowest BCUT2D eigenvalue weighted by Crippen LogP contribution is -2.47. The second kappa shape index (κ2) is 12.3. The van der Waals surface area contributed by atoms with Gasteiger partial charge in [-0.25, -0.2) is 4.68 Å². The summed E-state index contributed by atoms with van der Waals surface area (Å²) in [6.07, 6.45) is 2.76. The molecule has 2 aromatic carbocycles. The number of nitrogens with one attached hydrogen (secondary N) is 1. The second-order valence-electron chi connectivity index (χ2n) is 8.37. The lowest BCUT2D eigenvalue weighted by molar-refractivity contribution is -0.132. The van der Waals surface area contributed by atoms with E-state index < -0.39 is 0 Å². The van der Waals surface area contributed by atoms with Crippen LogP contribution in [0.3, 0.4) is 0 Å². The summed E-state index contributed by atoms with van der Waals surface area (Å²) in [5.74, 6) is 7.52. The number of hydrogen-bond acceptors (Lipinski definition) is 7. The summed E-state index contributed by atoms with van der Waals surface area (Å²) in [4.78, 5) is 26.9. The van der Waals surface area contributed by atoms with Crippen LogP contribution in [-0.4, -0.2) is 56.5 Å². The third-order valence-corrected chi connectivity index (χ3v) is 6.80. The van der Waals surface area contributed by atoms with Gasteiger partial charge in [0.2, 0.25) is 17.0 Å². The first-order valence-electron chi connectivity index (χ1n) is 11.7. The molecule has 3 N–H and O–H groups in total. The largest absolute Gasteiger partial charge is 0.486 e. The molecule has 1 aliphatic rings. The molecule has 2 heterocycles. The summed E-state index contributed by atoms with van der Waals surface area (Å²) in [6.45, 7) is 1.50. The van der Waals surface area contributed by atoms with Crippen molar-refractivity contribution < 1.29 is 14.3 Å². The Morgan fingerprint density at radius 1 is 1.03 bits per heavy atom. The lowest BCUT2D eigenvalue weighted by Gasteiger charge is -2.32. The molecule has 9 nitrogen and oxygen atoms in total. The zero-order valence-electron chi connectivity index (χ0n) is 19.5. The number of carbonyl (C=O) groups excluding carboxylic acids is 2. The first-order chi connectivity index (χ1) is 17.1. The molecule has 10 heteroatoms. The van der Waals surface area contributed by atoms with Crippen molar-refractivity contribution in [2.75, 3.05) is 24.7 Å². The molecule has 4 rings (SSSR count). The van der Waals surface area contributed by atoms with E-state index in [-0.39, 0.29) is 30.2 Å². The number of piperidine rings is 1. The molecule has 0 spiro atoms. The number of benzene rings is 2. The molecule has 1 saturated heterocycles. The number of rotatable bonds is 10. The van der Waals surface area contributed by atoms with Gasteiger partial charge < -0.3 is 20.8 Å². The van der Waals surface area contributed by atoms with E-state index in [0.717, 1.165) is 19.3 Å². The fourth-order valence-electron chi connectivity index (χ4n) is 3.90. The molecule has 2 amide bonds. The molecule has 0 aliphatic carbocycles. The van der Waals surface area contributed by atoms with Crippen LogP contribution >= 0.6 is 11.8 Å². The van der Waals surface area contributed by atoms with Crippen LogP contribution in [-0.2, 0) is 22.6 Å². The smallest absolute Gasteiger partial charge is 0.230 e. The van der Waals surface area contributed by atoms with Crippen LogP contribution in [0.2, 0.25) is 0 Å². The molecule has 3 aromatic rings. The Morgan fingerprint density at radius 2 is 1.71 bits per heavy atom. The topological polar surface area (TPSA) is 115 Å². The molecule has 35 heavy (non-hydrogen) atoms. The van der Waals surface area contributed by atoms with E-state index in [1.54, 1.807) is 0 Å². The molecular formula is C25H30N6O3S. The number of hydrogen-bond donors (Lipinski definition) is 2. The molecule has 1 fully saturated rings. The van der Waals surface area contributed by atoms with Crippen LogP contribution in [0.5, 0.6) is 5.75 Å². The van der Waals surface area contributed by atoms with Gasteiger partial charge in [-0.05, 0) is 37.0 Å². The summed E-state index contributed by atoms with van der Waals surface area (Å²) in [5, 5.41) is 11.6. The maximum Gasteiger partial charge on any atom is 0.230 e. The Hall–Kier alpha value is -3.53. The van der Waals surface area contributed by atoms with Crippen molar-refractivity contribution in [1.82, 2.24) is 25.1 Å². The third-order valence-electron chi connectivity index (χ3n) is 5.86. The van der Waals surface area contributed by atoms with Gasteiger partial charge in [-0.15, -0.1) is 10.2 Å². The van der Waals surface area contributed by atoms with Gasteiger partial charge in [-0.1, -0.05) is 60.3 Å². The van der Waals surface area contributed by atoms with Crippen LogP contribution in [0.25, 0.3) is 0 Å². The zero-order chi connectivity index (χ0) is 24.5. The fourth-order valence-corrected chi connectivity index (χ4v) is 4.58. The number of likely N-dealkylation sites (tertiary alicyclic amines) is 1. The van der Waals surface area contributed by atoms with E-state index >= 15 is 0 Å². The van der Waals surface area contributed by atoms with Crippen molar-refractivity contribution in [3.63, 3.8) is 0 Å². The number of nitrogens with two attached hydrogens (primary N) is 1. The summed E-state index contributed by atoms with van der Waals surface area (Å²) in [5.41, 5.74) is 1.17. The fraction of sp³-hybridized carbons (Fsp3) is 0.360. The second-order valence-corrected chi connectivity index (χ2v) is 9.31. The highest BCUT2D eigenvalue weighted by Crippen LogP contribution is 2.17. The van der Waals surface area contributed by atoms with Gasteiger partial charge in [0.1, 0.15) is 12.4 Å². The first-order valence-corrected chi connectivity index (χ1v) is 12.7. The van der Waals surface area contributed by atoms with E-state index in [4.69, 9.17) is 10.6 Å². The Kier molecular flexibility index (Phi) is 8.61. The van der Waals surface area contributed by atoms with Crippen molar-refractivity contribution in [3.8, 4) is 5.75 Å². The Labute approximate surface area is 209 Å². The normalized spacial score (nSPS) is 14.0. The highest BCUT2D eigenvalue weighted by Gasteiger charge is 2.24. The van der Waals surface area contributed by atoms with Gasteiger partial charge >= 0.3 is 0 Å². The van der Waals surface area contributed by atoms with Gasteiger partial charge in [0.15, 0.2) is 5.82 Å². The van der Waals surface area contributed by atoms with E-state index in [1.807, 2.05) is 65.6 Å². The summed E-state index contributed by atoms with van der Waals surface area (Å²) < 4.78 is 7.00. The number of nitrogen functional groups attached to an aromatic ring is 1. The van der Waals surface area contributed by atoms with Crippen LogP contribution in [0.1, 0.15) is 30.7 Å². The van der Waals surface area contributed by atoms with Crippen molar-refractivity contribution in [2.45, 2.75) is 43.5 Å². The quantitative estimate of drug-likeness (QED) is 0.328. The highest BCUT2D eigenvalue weighted by atomic mass is 32.2. The highest BCUT2D eigenvalue weighted by molar-refractivity contribution is 7.99. The number of ether oxygens (including phenoxy) is 1. The van der Waals surface area contributed by atoms with Gasteiger partial charge in [-0.3, -0.25) is 9.59 Å². The van der Waals surface area contributed by atoms with Crippen LogP contribution < -0.4 is 15.9 Å². The lowest BCUT2D eigenvalue weighted by atomic mass is 10.0. The molecule has 1 aromatic heterocycles. The molecule has 1 aliphatic heterocycles. The van der Waals surface area contributed by atoms with E-state index in [9.17, 15) is 9.59 Å². The van der Waals surface area contributed by atoms with Crippen molar-refractivity contribution in [3.05, 3.63) is 72.1 Å². The van der Waals surface area contributed by atoms with Crippen LogP contribution in [0, 0.1) is 0 Å². The zero-order valence-corrected chi connectivity index (χ0v) is 20.3. The number of aromatic nitrogens is 3. The average Bonchev–Trinajstić information content (AvgIpc) is 3.25. The van der Waals surface area contributed by atoms with Gasteiger partial charge in [-0.2, -0.15) is 0 Å². The maximum atomic E-state index is 12.5. The molecule has 0 saturated carbocycles. The maximum absolute atomic E-state index is 12.5. The minimum absolute atomic E-state index is 0.0619. The molecule has 0 unspecified atom stereocenters. The molecule has 0 atom stereocenters. The first kappa shape index (κ1) is 24.6. The van der Waals surface area contributed by atoms with Crippen molar-refractivity contribution in [1.29, 1.82) is 0 Å². The minimum Gasteiger partial charge on any atom is -0.486 e.